The zero-order valence-electron chi connectivity index (χ0n) is 16.4. The highest BCUT2D eigenvalue weighted by molar-refractivity contribution is 8.14. The molecule has 1 saturated heterocycles. The average Bonchev–Trinajstić information content (AvgIpc) is 2.95. The Morgan fingerprint density at radius 1 is 1.15 bits per heavy atom. The first kappa shape index (κ1) is 19.7. The monoisotopic (exact) mass is 385 g/mol. The van der Waals surface area contributed by atoms with Gasteiger partial charge in [-0.2, -0.15) is 0 Å². The second-order valence-electron chi connectivity index (χ2n) is 7.94. The van der Waals surface area contributed by atoms with Gasteiger partial charge in [0.1, 0.15) is 0 Å². The van der Waals surface area contributed by atoms with Crippen LogP contribution in [0.5, 0.6) is 0 Å². The number of rotatable bonds is 6. The Bertz CT molecular complexity index is 864. The molecule has 2 aromatic carbocycles. The van der Waals surface area contributed by atoms with Crippen LogP contribution in [0, 0.1) is 22.0 Å². The van der Waals surface area contributed by atoms with Crippen LogP contribution in [0.2, 0.25) is 0 Å². The Labute approximate surface area is 165 Å². The summed E-state index contributed by atoms with van der Waals surface area (Å²) >= 11 is 1.80. The van der Waals surface area contributed by atoms with Gasteiger partial charge in [-0.3, -0.25) is 10.1 Å². The molecule has 0 spiro atoms. The van der Waals surface area contributed by atoms with Crippen LogP contribution >= 0.6 is 11.8 Å². The first-order chi connectivity index (χ1) is 12.9. The maximum atomic E-state index is 11.3. The maximum Gasteiger partial charge on any atom is 0.277 e. The molecule has 0 bridgehead atoms. The number of hydrogen-bond donors (Lipinski definition) is 0. The smallest absolute Gasteiger partial charge is 0.277 e. The normalized spacial score (nSPS) is 19.0. The van der Waals surface area contributed by atoms with E-state index in [0.29, 0.717) is 23.3 Å². The first-order valence-corrected chi connectivity index (χ1v) is 10.5. The molecule has 6 heteroatoms. The van der Waals surface area contributed by atoms with Crippen molar-refractivity contribution in [2.45, 2.75) is 40.2 Å². The third-order valence-corrected chi connectivity index (χ3v) is 5.82. The largest absolute Gasteiger partial charge is 0.347 e. The third kappa shape index (κ3) is 4.43. The number of nitrogens with zero attached hydrogens (tertiary/aromatic N) is 3. The molecule has 0 aliphatic carbocycles. The molecule has 1 heterocycles. The Morgan fingerprint density at radius 2 is 1.85 bits per heavy atom. The zero-order chi connectivity index (χ0) is 19.6. The van der Waals surface area contributed by atoms with Crippen molar-refractivity contribution in [2.24, 2.45) is 16.8 Å². The molecule has 1 atom stereocenters. The van der Waals surface area contributed by atoms with Gasteiger partial charge in [0, 0.05) is 29.8 Å². The fourth-order valence-electron chi connectivity index (χ4n) is 3.58. The highest BCUT2D eigenvalue weighted by Crippen LogP contribution is 2.36. The summed E-state index contributed by atoms with van der Waals surface area (Å²) in [7, 11) is 0. The molecule has 0 amide bonds. The Morgan fingerprint density at radius 3 is 2.48 bits per heavy atom. The van der Waals surface area contributed by atoms with Gasteiger partial charge in [-0.15, -0.1) is 0 Å². The van der Waals surface area contributed by atoms with E-state index in [-0.39, 0.29) is 10.6 Å². The van der Waals surface area contributed by atoms with Gasteiger partial charge in [-0.1, -0.05) is 57.7 Å². The Kier molecular flexibility index (Phi) is 6.05. The van der Waals surface area contributed by atoms with E-state index < -0.39 is 0 Å². The fraction of sp³-hybridized carbons (Fsp3) is 0.476. The third-order valence-electron chi connectivity index (χ3n) is 4.69. The summed E-state index contributed by atoms with van der Waals surface area (Å²) in [6.07, 6.45) is 1.15. The van der Waals surface area contributed by atoms with Crippen molar-refractivity contribution < 1.29 is 4.92 Å². The van der Waals surface area contributed by atoms with Crippen molar-refractivity contribution in [3.63, 3.8) is 0 Å². The van der Waals surface area contributed by atoms with Crippen LogP contribution in [0.25, 0.3) is 10.8 Å². The summed E-state index contributed by atoms with van der Waals surface area (Å²) < 4.78 is 0. The minimum atomic E-state index is -0.326. The van der Waals surface area contributed by atoms with Crippen molar-refractivity contribution in [1.29, 1.82) is 0 Å². The fourth-order valence-corrected chi connectivity index (χ4v) is 4.79. The van der Waals surface area contributed by atoms with E-state index in [0.717, 1.165) is 35.0 Å². The van der Waals surface area contributed by atoms with E-state index in [4.69, 9.17) is 4.99 Å². The predicted molar refractivity (Wildman–Crippen MR) is 115 cm³/mol. The SMILES string of the molecule is CC(C)C[C@H]1CS/C(=N\c2ccc([N+](=O)[O-])c3ccccc23)N1CC(C)C. The summed E-state index contributed by atoms with van der Waals surface area (Å²) in [4.78, 5) is 18.4. The summed E-state index contributed by atoms with van der Waals surface area (Å²) in [6, 6.07) is 11.3. The van der Waals surface area contributed by atoms with Gasteiger partial charge in [0.05, 0.1) is 16.0 Å². The number of thioether (sulfide) groups is 1. The minimum Gasteiger partial charge on any atom is -0.347 e. The summed E-state index contributed by atoms with van der Waals surface area (Å²) in [6.45, 7) is 9.96. The standard InChI is InChI=1S/C21H27N3O2S/c1-14(2)11-16-13-27-21(23(16)12-15(3)4)22-19-9-10-20(24(25)26)18-8-6-5-7-17(18)19/h5-10,14-16H,11-13H2,1-4H3/b22-21-/t16-/m0/s1. The number of aliphatic imine (C=N–C) groups is 1. The number of amidine groups is 1. The summed E-state index contributed by atoms with van der Waals surface area (Å²) in [5.41, 5.74) is 0.933. The lowest BCUT2D eigenvalue weighted by Gasteiger charge is -2.28. The van der Waals surface area contributed by atoms with E-state index in [1.165, 1.54) is 0 Å². The number of fused-ring (bicyclic) bond motifs is 1. The van der Waals surface area contributed by atoms with Crippen LogP contribution in [0.1, 0.15) is 34.1 Å². The van der Waals surface area contributed by atoms with Gasteiger partial charge in [0.2, 0.25) is 0 Å². The molecule has 0 N–H and O–H groups in total. The van der Waals surface area contributed by atoms with Crippen molar-refractivity contribution in [3.05, 3.63) is 46.5 Å². The molecule has 0 aromatic heterocycles. The number of hydrogen-bond acceptors (Lipinski definition) is 4. The number of nitro benzene ring substituents is 1. The highest BCUT2D eigenvalue weighted by Gasteiger charge is 2.31. The van der Waals surface area contributed by atoms with E-state index in [2.05, 4.69) is 32.6 Å². The molecule has 144 valence electrons. The molecule has 3 rings (SSSR count). The molecule has 1 fully saturated rings. The molecule has 2 aromatic rings. The van der Waals surface area contributed by atoms with Gasteiger partial charge in [0.25, 0.3) is 5.69 Å². The van der Waals surface area contributed by atoms with E-state index in [1.807, 2.05) is 18.2 Å². The van der Waals surface area contributed by atoms with Crippen LogP contribution in [0.3, 0.4) is 0 Å². The van der Waals surface area contributed by atoms with Crippen molar-refractivity contribution in [2.75, 3.05) is 12.3 Å². The molecular weight excluding hydrogens is 358 g/mol. The lowest BCUT2D eigenvalue weighted by molar-refractivity contribution is -0.383. The number of nitro groups is 1. The van der Waals surface area contributed by atoms with Gasteiger partial charge >= 0.3 is 0 Å². The van der Waals surface area contributed by atoms with Crippen molar-refractivity contribution in [1.82, 2.24) is 4.90 Å². The van der Waals surface area contributed by atoms with Gasteiger partial charge in [-0.05, 0) is 30.4 Å². The van der Waals surface area contributed by atoms with Crippen LogP contribution in [0.15, 0.2) is 41.4 Å². The maximum absolute atomic E-state index is 11.3. The summed E-state index contributed by atoms with van der Waals surface area (Å²) in [5, 5.41) is 13.9. The molecule has 5 nitrogen and oxygen atoms in total. The Hall–Kier alpha value is -2.08. The molecule has 0 unspecified atom stereocenters. The summed E-state index contributed by atoms with van der Waals surface area (Å²) in [5.74, 6) is 2.25. The van der Waals surface area contributed by atoms with E-state index in [1.54, 1.807) is 30.0 Å². The number of benzene rings is 2. The zero-order valence-corrected chi connectivity index (χ0v) is 17.2. The lowest BCUT2D eigenvalue weighted by Crippen LogP contribution is -2.37. The molecule has 1 aliphatic rings. The number of non-ortho nitro benzene ring substituents is 1. The molecular formula is C21H27N3O2S. The molecule has 27 heavy (non-hydrogen) atoms. The van der Waals surface area contributed by atoms with Crippen molar-refractivity contribution in [3.8, 4) is 0 Å². The minimum absolute atomic E-state index is 0.130. The van der Waals surface area contributed by atoms with E-state index >= 15 is 0 Å². The predicted octanol–water partition coefficient (Wildman–Crippen LogP) is 5.86. The van der Waals surface area contributed by atoms with Gasteiger partial charge in [-0.25, -0.2) is 4.99 Å². The van der Waals surface area contributed by atoms with Crippen LogP contribution < -0.4 is 0 Å². The molecule has 0 saturated carbocycles. The van der Waals surface area contributed by atoms with Crippen LogP contribution in [-0.4, -0.2) is 33.3 Å². The topological polar surface area (TPSA) is 58.7 Å². The first-order valence-electron chi connectivity index (χ1n) is 9.51. The second-order valence-corrected chi connectivity index (χ2v) is 8.93. The van der Waals surface area contributed by atoms with Crippen LogP contribution in [0.4, 0.5) is 11.4 Å². The quantitative estimate of drug-likeness (QED) is 0.462. The van der Waals surface area contributed by atoms with Crippen LogP contribution in [-0.2, 0) is 0 Å². The van der Waals surface area contributed by atoms with E-state index in [9.17, 15) is 10.1 Å². The highest BCUT2D eigenvalue weighted by atomic mass is 32.2. The van der Waals surface area contributed by atoms with Gasteiger partial charge in [0.15, 0.2) is 5.17 Å². The van der Waals surface area contributed by atoms with Crippen molar-refractivity contribution >= 4 is 39.1 Å². The second kappa shape index (κ2) is 8.30. The molecule has 1 aliphatic heterocycles. The lowest BCUT2D eigenvalue weighted by atomic mass is 10.0. The molecule has 0 radical (unpaired) electrons. The van der Waals surface area contributed by atoms with Gasteiger partial charge < -0.3 is 4.90 Å². The average molecular weight is 386 g/mol. The Balaban J connectivity index is 2.02.